The van der Waals surface area contributed by atoms with Gasteiger partial charge in [-0.1, -0.05) is 31.1 Å². The number of alkyl halides is 3. The van der Waals surface area contributed by atoms with Gasteiger partial charge in [0.1, 0.15) is 11.4 Å². The second-order valence-corrected chi connectivity index (χ2v) is 12.5. The van der Waals surface area contributed by atoms with Crippen LogP contribution in [0.25, 0.3) is 11.1 Å². The van der Waals surface area contributed by atoms with Crippen LogP contribution in [0.4, 0.5) is 23.7 Å². The van der Waals surface area contributed by atoms with Crippen LogP contribution in [0.3, 0.4) is 0 Å². The van der Waals surface area contributed by atoms with Crippen molar-refractivity contribution in [1.82, 2.24) is 4.90 Å². The summed E-state index contributed by atoms with van der Waals surface area (Å²) in [6, 6.07) is 7.63. The molecular weight excluding hydrogens is 565 g/mol. The molecule has 1 saturated carbocycles. The number of amides is 2. The number of hydrogen-bond donors (Lipinski definition) is 0. The molecule has 1 fully saturated rings. The first-order chi connectivity index (χ1) is 19.5. The quantitative estimate of drug-likeness (QED) is 0.266. The van der Waals surface area contributed by atoms with Crippen LogP contribution >= 0.6 is 11.8 Å². The SMILES string of the molecule is CC/C(C)=C/N(C)c1c(C)c(-c2ccc(OC(F)(F)F)cc2)cc(CN(C(=O)OC(C)(C)C)C(=O)C2CCC2)c1SC. The number of benzene rings is 2. The van der Waals surface area contributed by atoms with Gasteiger partial charge in [0, 0.05) is 24.1 Å². The Labute approximate surface area is 251 Å². The monoisotopic (exact) mass is 606 g/mol. The van der Waals surface area contributed by atoms with Crippen molar-refractivity contribution in [2.24, 2.45) is 5.92 Å². The van der Waals surface area contributed by atoms with E-state index in [-0.39, 0.29) is 24.1 Å². The maximum atomic E-state index is 13.5. The number of thioether (sulfide) groups is 1. The van der Waals surface area contributed by atoms with Crippen LogP contribution in [-0.4, -0.2) is 42.2 Å². The van der Waals surface area contributed by atoms with Crippen LogP contribution in [0.2, 0.25) is 0 Å². The molecule has 1 aliphatic rings. The first kappa shape index (κ1) is 33.4. The van der Waals surface area contributed by atoms with Crippen molar-refractivity contribution < 1.29 is 32.2 Å². The van der Waals surface area contributed by atoms with E-state index >= 15 is 0 Å². The molecule has 3 rings (SSSR count). The zero-order valence-corrected chi connectivity index (χ0v) is 26.5. The Hall–Kier alpha value is -3.14. The fraction of sp³-hybridized carbons (Fsp3) is 0.500. The van der Waals surface area contributed by atoms with E-state index in [1.165, 1.54) is 28.8 Å². The lowest BCUT2D eigenvalue weighted by atomic mass is 9.84. The Kier molecular flexibility index (Phi) is 10.7. The topological polar surface area (TPSA) is 59.1 Å². The molecule has 0 N–H and O–H groups in total. The highest BCUT2D eigenvalue weighted by molar-refractivity contribution is 7.98. The lowest BCUT2D eigenvalue weighted by Crippen LogP contribution is -2.44. The van der Waals surface area contributed by atoms with Crippen molar-refractivity contribution in [3.8, 4) is 16.9 Å². The summed E-state index contributed by atoms with van der Waals surface area (Å²) in [4.78, 5) is 31.0. The summed E-state index contributed by atoms with van der Waals surface area (Å²) in [6.07, 6.45) is 1.76. The fourth-order valence-corrected chi connectivity index (χ4v) is 5.66. The number of rotatable bonds is 9. The molecule has 0 radical (unpaired) electrons. The van der Waals surface area contributed by atoms with E-state index < -0.39 is 18.1 Å². The van der Waals surface area contributed by atoms with Gasteiger partial charge >= 0.3 is 12.5 Å². The molecule has 0 bridgehead atoms. The molecular formula is C32H41F3N2O4S. The van der Waals surface area contributed by atoms with Crippen molar-refractivity contribution in [2.75, 3.05) is 18.2 Å². The van der Waals surface area contributed by atoms with E-state index in [0.29, 0.717) is 5.56 Å². The number of carbonyl (C=O) groups is 2. The highest BCUT2D eigenvalue weighted by atomic mass is 32.2. The molecule has 10 heteroatoms. The summed E-state index contributed by atoms with van der Waals surface area (Å²) in [5, 5.41) is 0. The summed E-state index contributed by atoms with van der Waals surface area (Å²) < 4.78 is 48.1. The average Bonchev–Trinajstić information content (AvgIpc) is 2.84. The smallest absolute Gasteiger partial charge is 0.443 e. The van der Waals surface area contributed by atoms with E-state index in [4.69, 9.17) is 4.74 Å². The molecule has 0 atom stereocenters. The molecule has 0 unspecified atom stereocenters. The van der Waals surface area contributed by atoms with E-state index in [0.717, 1.165) is 58.5 Å². The summed E-state index contributed by atoms with van der Waals surface area (Å²) in [6.45, 7) is 11.3. The Bertz CT molecular complexity index is 1310. The van der Waals surface area contributed by atoms with Gasteiger partial charge in [0.15, 0.2) is 0 Å². The molecule has 0 aromatic heterocycles. The standard InChI is InChI=1S/C32H41F3N2O4S/c1-9-20(2)18-36(7)27-21(3)26(22-13-15-25(16-14-22)40-32(33,34)35)17-24(28(27)42-8)19-37(29(38)23-11-10-12-23)30(39)41-31(4,5)6/h13-18,23H,9-12,19H2,1-8H3/b20-18+. The first-order valence-electron chi connectivity index (χ1n) is 14.1. The third-order valence-electron chi connectivity index (χ3n) is 7.17. The zero-order chi connectivity index (χ0) is 31.4. The predicted octanol–water partition coefficient (Wildman–Crippen LogP) is 9.10. The zero-order valence-electron chi connectivity index (χ0n) is 25.6. The van der Waals surface area contributed by atoms with Crippen LogP contribution in [0, 0.1) is 12.8 Å². The Morgan fingerprint density at radius 3 is 2.21 bits per heavy atom. The minimum Gasteiger partial charge on any atom is -0.443 e. The van der Waals surface area contributed by atoms with Gasteiger partial charge in [0.25, 0.3) is 0 Å². The molecule has 0 saturated heterocycles. The molecule has 42 heavy (non-hydrogen) atoms. The number of ether oxygens (including phenoxy) is 2. The van der Waals surface area contributed by atoms with Gasteiger partial charge in [-0.25, -0.2) is 9.69 Å². The second kappa shape index (κ2) is 13.4. The molecule has 6 nitrogen and oxygen atoms in total. The molecule has 2 aromatic rings. The molecule has 2 aromatic carbocycles. The highest BCUT2D eigenvalue weighted by Crippen LogP contribution is 2.42. The third kappa shape index (κ3) is 8.46. The fourth-order valence-electron chi connectivity index (χ4n) is 4.79. The number of nitrogens with zero attached hydrogens (tertiary/aromatic N) is 2. The van der Waals surface area contributed by atoms with E-state index in [9.17, 15) is 22.8 Å². The second-order valence-electron chi connectivity index (χ2n) is 11.6. The van der Waals surface area contributed by atoms with Gasteiger partial charge in [-0.3, -0.25) is 4.79 Å². The summed E-state index contributed by atoms with van der Waals surface area (Å²) in [5.41, 5.74) is 4.34. The van der Waals surface area contributed by atoms with Crippen LogP contribution in [0.1, 0.15) is 71.4 Å². The lowest BCUT2D eigenvalue weighted by molar-refractivity contribution is -0.274. The van der Waals surface area contributed by atoms with Crippen LogP contribution in [-0.2, 0) is 16.1 Å². The number of halogens is 3. The van der Waals surface area contributed by atoms with Crippen LogP contribution in [0.15, 0.2) is 47.0 Å². The minimum absolute atomic E-state index is 0.000280. The minimum atomic E-state index is -4.79. The Morgan fingerprint density at radius 1 is 1.12 bits per heavy atom. The molecule has 230 valence electrons. The van der Waals surface area contributed by atoms with E-state index in [1.807, 2.05) is 44.3 Å². The van der Waals surface area contributed by atoms with E-state index in [2.05, 4.69) is 11.7 Å². The van der Waals surface area contributed by atoms with Crippen LogP contribution < -0.4 is 9.64 Å². The summed E-state index contributed by atoms with van der Waals surface area (Å²) in [5.74, 6) is -0.792. The predicted molar refractivity (Wildman–Crippen MR) is 162 cm³/mol. The number of hydrogen-bond acceptors (Lipinski definition) is 6. The Balaban J connectivity index is 2.19. The molecule has 0 heterocycles. The lowest BCUT2D eigenvalue weighted by Gasteiger charge is -2.33. The van der Waals surface area contributed by atoms with Gasteiger partial charge < -0.3 is 14.4 Å². The third-order valence-corrected chi connectivity index (χ3v) is 8.04. The molecule has 1 aliphatic carbocycles. The van der Waals surface area contributed by atoms with Crippen molar-refractivity contribution >= 4 is 29.4 Å². The number of imide groups is 1. The maximum Gasteiger partial charge on any atom is 0.573 e. The van der Waals surface area contributed by atoms with Gasteiger partial charge in [-0.15, -0.1) is 24.9 Å². The Morgan fingerprint density at radius 2 is 1.74 bits per heavy atom. The number of carbonyl (C=O) groups excluding carboxylic acids is 2. The normalized spacial score (nSPS) is 14.3. The van der Waals surface area contributed by atoms with E-state index in [1.54, 1.807) is 32.9 Å². The van der Waals surface area contributed by atoms with Gasteiger partial charge in [-0.2, -0.15) is 0 Å². The summed E-state index contributed by atoms with van der Waals surface area (Å²) >= 11 is 1.51. The average molecular weight is 607 g/mol. The van der Waals surface area contributed by atoms with Crippen molar-refractivity contribution in [2.45, 2.75) is 90.6 Å². The van der Waals surface area contributed by atoms with Crippen molar-refractivity contribution in [3.63, 3.8) is 0 Å². The molecule has 2 amide bonds. The summed E-state index contributed by atoms with van der Waals surface area (Å²) in [7, 11) is 1.94. The van der Waals surface area contributed by atoms with Gasteiger partial charge in [0.05, 0.1) is 12.2 Å². The first-order valence-corrected chi connectivity index (χ1v) is 15.3. The molecule has 0 spiro atoms. The number of anilines is 1. The number of allylic oxidation sites excluding steroid dienone is 1. The van der Waals surface area contributed by atoms with Gasteiger partial charge in [0.2, 0.25) is 5.91 Å². The van der Waals surface area contributed by atoms with Crippen molar-refractivity contribution in [1.29, 1.82) is 0 Å². The largest absolute Gasteiger partial charge is 0.573 e. The maximum absolute atomic E-state index is 13.5. The highest BCUT2D eigenvalue weighted by Gasteiger charge is 2.36. The van der Waals surface area contributed by atoms with Crippen molar-refractivity contribution in [3.05, 3.63) is 53.2 Å². The molecule has 0 aliphatic heterocycles. The van der Waals surface area contributed by atoms with Gasteiger partial charge in [-0.05, 0) is 101 Å². The van der Waals surface area contributed by atoms with Crippen LogP contribution in [0.5, 0.6) is 5.75 Å².